The van der Waals surface area contributed by atoms with Crippen LogP contribution in [0.1, 0.15) is 18.5 Å². The number of carbonyl (C=O) groups is 1. The molecule has 1 rings (SSSR count). The minimum Gasteiger partial charge on any atom is -0.462 e. The van der Waals surface area contributed by atoms with Crippen LogP contribution >= 0.6 is 12.4 Å². The highest BCUT2D eigenvalue weighted by atomic mass is 35.5. The van der Waals surface area contributed by atoms with E-state index in [1.807, 2.05) is 0 Å². The van der Waals surface area contributed by atoms with E-state index in [-0.39, 0.29) is 19.0 Å². The first-order valence-electron chi connectivity index (χ1n) is 5.75. The van der Waals surface area contributed by atoms with Crippen molar-refractivity contribution in [1.29, 1.82) is 0 Å². The van der Waals surface area contributed by atoms with E-state index < -0.39 is 35.6 Å². The Kier molecular flexibility index (Phi) is 7.04. The van der Waals surface area contributed by atoms with Crippen LogP contribution in [0, 0.1) is 0 Å². The van der Waals surface area contributed by atoms with Crippen LogP contribution in [-0.2, 0) is 9.53 Å². The highest BCUT2D eigenvalue weighted by molar-refractivity contribution is 5.85. The van der Waals surface area contributed by atoms with Crippen LogP contribution < -0.4 is 10.5 Å². The molecular weight excluding hydrogens is 337 g/mol. The number of halogens is 6. The monoisotopic (exact) mass is 349 g/mol. The summed E-state index contributed by atoms with van der Waals surface area (Å²) in [7, 11) is 0. The molecule has 0 aliphatic rings. The van der Waals surface area contributed by atoms with E-state index in [2.05, 4.69) is 9.47 Å². The summed E-state index contributed by atoms with van der Waals surface area (Å²) in [6.45, 7) is 0.988. The molecule has 2 N–H and O–H groups in total. The minimum atomic E-state index is -5.07. The first kappa shape index (κ1) is 20.4. The number of carbonyl (C=O) groups excluding carboxylic acids is 1. The number of nitrogens with two attached hydrogens (primary N) is 1. The number of ether oxygens (including phenoxy) is 2. The summed E-state index contributed by atoms with van der Waals surface area (Å²) in [6.07, 6.45) is -5.07. The van der Waals surface area contributed by atoms with Crippen molar-refractivity contribution in [2.45, 2.75) is 25.3 Å². The van der Waals surface area contributed by atoms with Gasteiger partial charge in [-0.25, -0.2) is 4.79 Å². The topological polar surface area (TPSA) is 61.5 Å². The molecule has 1 aromatic carbocycles. The lowest BCUT2D eigenvalue weighted by atomic mass is 10.0. The zero-order valence-corrected chi connectivity index (χ0v) is 12.0. The number of hydrogen-bond donors (Lipinski definition) is 1. The maximum Gasteiger partial charge on any atom is 0.573 e. The summed E-state index contributed by atoms with van der Waals surface area (Å²) in [5.41, 5.74) is 4.57. The van der Waals surface area contributed by atoms with Gasteiger partial charge < -0.3 is 15.2 Å². The average molecular weight is 350 g/mol. The molecule has 0 saturated carbocycles. The van der Waals surface area contributed by atoms with Gasteiger partial charge >= 0.3 is 18.3 Å². The van der Waals surface area contributed by atoms with Gasteiger partial charge in [0.2, 0.25) is 0 Å². The average Bonchev–Trinajstić information content (AvgIpc) is 2.37. The van der Waals surface area contributed by atoms with Gasteiger partial charge in [0.1, 0.15) is 11.8 Å². The smallest absolute Gasteiger partial charge is 0.462 e. The molecular formula is C12H13ClF5NO3. The van der Waals surface area contributed by atoms with Crippen molar-refractivity contribution >= 4 is 18.4 Å². The van der Waals surface area contributed by atoms with E-state index in [1.165, 1.54) is 13.0 Å². The largest absolute Gasteiger partial charge is 0.573 e. The number of hydrogen-bond acceptors (Lipinski definition) is 4. The van der Waals surface area contributed by atoms with Crippen LogP contribution in [0.5, 0.6) is 5.75 Å². The molecule has 1 atom stereocenters. The molecule has 1 aromatic rings. The van der Waals surface area contributed by atoms with Crippen molar-refractivity contribution in [1.82, 2.24) is 0 Å². The molecule has 0 bridgehead atoms. The Labute approximate surface area is 128 Å². The van der Waals surface area contributed by atoms with Crippen LogP contribution in [0.3, 0.4) is 0 Å². The predicted molar refractivity (Wildman–Crippen MR) is 68.9 cm³/mol. The molecule has 0 unspecified atom stereocenters. The fraction of sp³-hybridized carbons (Fsp3) is 0.417. The quantitative estimate of drug-likeness (QED) is 0.655. The van der Waals surface area contributed by atoms with Gasteiger partial charge in [-0.05, 0) is 13.0 Å². The highest BCUT2D eigenvalue weighted by Crippen LogP contribution is 2.37. The van der Waals surface area contributed by atoms with Crippen molar-refractivity contribution < 1.29 is 36.2 Å². The second kappa shape index (κ2) is 7.59. The fourth-order valence-corrected chi connectivity index (χ4v) is 1.50. The molecule has 4 nitrogen and oxygen atoms in total. The molecule has 0 amide bonds. The second-order valence-corrected chi connectivity index (χ2v) is 3.91. The Morgan fingerprint density at radius 2 is 1.77 bits per heavy atom. The van der Waals surface area contributed by atoms with Crippen LogP contribution in [0.15, 0.2) is 24.3 Å². The highest BCUT2D eigenvalue weighted by Gasteiger charge is 2.49. The van der Waals surface area contributed by atoms with E-state index in [9.17, 15) is 26.7 Å². The van der Waals surface area contributed by atoms with E-state index in [0.29, 0.717) is 0 Å². The van der Waals surface area contributed by atoms with E-state index in [4.69, 9.17) is 5.73 Å². The SMILES string of the molecule is CCOC(=O)C(F)(F)[C@@H](N)c1ccccc1OC(F)(F)F.Cl. The third-order valence-corrected chi connectivity index (χ3v) is 2.42. The second-order valence-electron chi connectivity index (χ2n) is 3.91. The lowest BCUT2D eigenvalue weighted by molar-refractivity contribution is -0.275. The van der Waals surface area contributed by atoms with Crippen molar-refractivity contribution in [3.8, 4) is 5.75 Å². The third-order valence-electron chi connectivity index (χ3n) is 2.42. The standard InChI is InChI=1S/C12H12F5NO3.ClH/c1-2-20-10(19)11(13,14)9(18)7-5-3-4-6-8(7)21-12(15,16)17;/h3-6,9H,2,18H2,1H3;1H/t9-;/m0./s1. The van der Waals surface area contributed by atoms with Gasteiger partial charge in [0.25, 0.3) is 0 Å². The molecule has 22 heavy (non-hydrogen) atoms. The van der Waals surface area contributed by atoms with Crippen molar-refractivity contribution in [2.24, 2.45) is 5.73 Å². The van der Waals surface area contributed by atoms with Gasteiger partial charge in [-0.2, -0.15) is 8.78 Å². The molecule has 0 saturated heterocycles. The molecule has 0 radical (unpaired) electrons. The Morgan fingerprint density at radius 1 is 1.23 bits per heavy atom. The number of rotatable bonds is 5. The lowest BCUT2D eigenvalue weighted by Gasteiger charge is -2.24. The van der Waals surface area contributed by atoms with Gasteiger partial charge in [0, 0.05) is 5.56 Å². The molecule has 0 spiro atoms. The Bertz CT molecular complexity index is 510. The summed E-state index contributed by atoms with van der Waals surface area (Å²) in [5.74, 6) is -7.01. The van der Waals surface area contributed by atoms with Gasteiger partial charge in [-0.1, -0.05) is 18.2 Å². The van der Waals surface area contributed by atoms with Gasteiger partial charge in [-0.3, -0.25) is 0 Å². The Hall–Kier alpha value is -1.61. The van der Waals surface area contributed by atoms with E-state index in [0.717, 1.165) is 18.2 Å². The summed E-state index contributed by atoms with van der Waals surface area (Å²) in [6, 6.07) is 1.75. The van der Waals surface area contributed by atoms with Crippen LogP contribution in [-0.4, -0.2) is 24.9 Å². The fourth-order valence-electron chi connectivity index (χ4n) is 1.50. The van der Waals surface area contributed by atoms with Crippen molar-refractivity contribution in [3.05, 3.63) is 29.8 Å². The van der Waals surface area contributed by atoms with Gasteiger partial charge in [0.05, 0.1) is 6.61 Å². The van der Waals surface area contributed by atoms with Crippen molar-refractivity contribution in [3.63, 3.8) is 0 Å². The van der Waals surface area contributed by atoms with Crippen molar-refractivity contribution in [2.75, 3.05) is 6.61 Å². The number of para-hydroxylation sites is 1. The third kappa shape index (κ3) is 4.99. The first-order chi connectivity index (χ1) is 9.59. The summed E-state index contributed by atoms with van der Waals surface area (Å²) >= 11 is 0. The van der Waals surface area contributed by atoms with Gasteiger partial charge in [0.15, 0.2) is 0 Å². The zero-order valence-electron chi connectivity index (χ0n) is 11.2. The molecule has 0 heterocycles. The Balaban J connectivity index is 0.00000441. The summed E-state index contributed by atoms with van der Waals surface area (Å²) in [5, 5.41) is 0. The normalized spacial score (nSPS) is 13.0. The Morgan fingerprint density at radius 3 is 2.27 bits per heavy atom. The molecule has 10 heteroatoms. The molecule has 0 aromatic heterocycles. The number of esters is 1. The van der Waals surface area contributed by atoms with E-state index >= 15 is 0 Å². The molecule has 0 aliphatic carbocycles. The molecule has 0 aliphatic heterocycles. The molecule has 0 fully saturated rings. The zero-order chi connectivity index (χ0) is 16.3. The van der Waals surface area contributed by atoms with E-state index in [1.54, 1.807) is 0 Å². The van der Waals surface area contributed by atoms with Crippen LogP contribution in [0.2, 0.25) is 0 Å². The summed E-state index contributed by atoms with van der Waals surface area (Å²) in [4.78, 5) is 11.2. The van der Waals surface area contributed by atoms with Crippen LogP contribution in [0.25, 0.3) is 0 Å². The summed E-state index contributed by atoms with van der Waals surface area (Å²) < 4.78 is 72.0. The first-order valence-corrected chi connectivity index (χ1v) is 5.75. The maximum absolute atomic E-state index is 13.8. The lowest BCUT2D eigenvalue weighted by Crippen LogP contribution is -2.42. The number of alkyl halides is 5. The number of benzene rings is 1. The molecule has 126 valence electrons. The van der Waals surface area contributed by atoms with Crippen LogP contribution in [0.4, 0.5) is 22.0 Å². The van der Waals surface area contributed by atoms with Gasteiger partial charge in [-0.15, -0.1) is 25.6 Å². The predicted octanol–water partition coefficient (Wildman–Crippen LogP) is 3.21. The minimum absolute atomic E-state index is 0. The maximum atomic E-state index is 13.8.